The number of nitrogens with two attached hydrogens (primary N) is 1. The van der Waals surface area contributed by atoms with Crippen LogP contribution in [0.2, 0.25) is 0 Å². The van der Waals surface area contributed by atoms with Gasteiger partial charge in [0.15, 0.2) is 0 Å². The van der Waals surface area contributed by atoms with Crippen LogP contribution in [0.15, 0.2) is 87.5 Å². The van der Waals surface area contributed by atoms with E-state index in [-0.39, 0.29) is 21.0 Å². The minimum atomic E-state index is -4.84. The first-order chi connectivity index (χ1) is 22.9. The summed E-state index contributed by atoms with van der Waals surface area (Å²) in [5.74, 6) is -4.33. The van der Waals surface area contributed by atoms with Crippen LogP contribution in [0.4, 0.5) is 24.5 Å². The predicted octanol–water partition coefficient (Wildman–Crippen LogP) is 5.31. The lowest BCUT2D eigenvalue weighted by atomic mass is 9.81. The summed E-state index contributed by atoms with van der Waals surface area (Å²) in [7, 11) is -3.96. The van der Waals surface area contributed by atoms with Gasteiger partial charge in [-0.15, -0.1) is 0 Å². The van der Waals surface area contributed by atoms with Crippen LogP contribution in [0.1, 0.15) is 48.3 Å². The van der Waals surface area contributed by atoms with Gasteiger partial charge in [0, 0.05) is 16.5 Å². The number of aromatic nitrogens is 1. The topological polar surface area (TPSA) is 149 Å². The van der Waals surface area contributed by atoms with Gasteiger partial charge in [0.1, 0.15) is 11.8 Å². The monoisotopic (exact) mass is 730 g/mol. The Balaban J connectivity index is 1.41. The molecule has 1 aromatic heterocycles. The number of amides is 3. The second kappa shape index (κ2) is 12.3. The summed E-state index contributed by atoms with van der Waals surface area (Å²) in [6.07, 6.45) is -4.84. The molecule has 3 heterocycles. The number of primary sulfonamides is 1. The molecule has 3 N–H and O–H groups in total. The highest BCUT2D eigenvalue weighted by Crippen LogP contribution is 2.54. The SMILES string of the molecule is CC(C)(C)c1ccc(C2c3sc(=O)n(CC(=O)Nc4ccc(S(N)(=O)=O)cc4)c3SC3C(=O)N(c4ccccc4C(F)(F)F)C(=O)C32)cc1. The van der Waals surface area contributed by atoms with E-state index in [0.29, 0.717) is 15.3 Å². The molecule has 2 aliphatic rings. The zero-order chi connectivity index (χ0) is 35.6. The molecule has 6 rings (SSSR count). The van der Waals surface area contributed by atoms with Gasteiger partial charge in [0.05, 0.1) is 27.1 Å². The molecule has 49 heavy (non-hydrogen) atoms. The van der Waals surface area contributed by atoms with Crippen molar-refractivity contribution >= 4 is 62.2 Å². The van der Waals surface area contributed by atoms with Gasteiger partial charge < -0.3 is 5.32 Å². The fourth-order valence-corrected chi connectivity index (χ4v) is 9.31. The first-order valence-electron chi connectivity index (χ1n) is 14.8. The van der Waals surface area contributed by atoms with E-state index in [2.05, 4.69) is 5.32 Å². The van der Waals surface area contributed by atoms with E-state index >= 15 is 0 Å². The molecular weight excluding hydrogens is 702 g/mol. The maximum atomic E-state index is 14.1. The van der Waals surface area contributed by atoms with E-state index in [0.717, 1.165) is 40.8 Å². The number of thioether (sulfide) groups is 1. The average Bonchev–Trinajstić information content (AvgIpc) is 3.46. The van der Waals surface area contributed by atoms with Crippen LogP contribution in [0.25, 0.3) is 0 Å². The number of alkyl halides is 3. The van der Waals surface area contributed by atoms with Crippen molar-refractivity contribution < 1.29 is 36.0 Å². The molecule has 1 fully saturated rings. The number of hydrogen-bond acceptors (Lipinski definition) is 8. The van der Waals surface area contributed by atoms with Crippen LogP contribution in [0.3, 0.4) is 0 Å². The van der Waals surface area contributed by atoms with E-state index < -0.39 is 73.7 Å². The van der Waals surface area contributed by atoms with Gasteiger partial charge in [-0.25, -0.2) is 18.5 Å². The van der Waals surface area contributed by atoms with Crippen LogP contribution in [-0.4, -0.2) is 36.0 Å². The number of thiazole rings is 1. The van der Waals surface area contributed by atoms with Crippen molar-refractivity contribution in [2.24, 2.45) is 11.1 Å². The molecule has 0 bridgehead atoms. The minimum Gasteiger partial charge on any atom is -0.325 e. The van der Waals surface area contributed by atoms with Crippen molar-refractivity contribution in [2.45, 2.75) is 60.0 Å². The second-order valence-corrected chi connectivity index (χ2v) is 16.4. The number of halogens is 3. The molecule has 3 unspecified atom stereocenters. The largest absolute Gasteiger partial charge is 0.418 e. The second-order valence-electron chi connectivity index (χ2n) is 12.7. The smallest absolute Gasteiger partial charge is 0.325 e. The number of fused-ring (bicyclic) bond motifs is 2. The Kier molecular flexibility index (Phi) is 8.66. The molecule has 0 saturated carbocycles. The van der Waals surface area contributed by atoms with E-state index in [4.69, 9.17) is 5.14 Å². The van der Waals surface area contributed by atoms with Crippen LogP contribution in [0.5, 0.6) is 0 Å². The molecule has 3 atom stereocenters. The van der Waals surface area contributed by atoms with Gasteiger partial charge >= 0.3 is 11.0 Å². The number of nitrogens with one attached hydrogen (secondary N) is 1. The number of hydrogen-bond donors (Lipinski definition) is 2. The summed E-state index contributed by atoms with van der Waals surface area (Å²) in [6.45, 7) is 5.57. The highest BCUT2D eigenvalue weighted by atomic mass is 32.2. The number of carbonyl (C=O) groups is 3. The summed E-state index contributed by atoms with van der Waals surface area (Å²) in [5.41, 5.74) is -0.125. The Morgan fingerprint density at radius 3 is 2.14 bits per heavy atom. The fraction of sp³-hybridized carbons (Fsp3) is 0.273. The van der Waals surface area contributed by atoms with E-state index in [1.54, 1.807) is 12.1 Å². The fourth-order valence-electron chi connectivity index (χ4n) is 6.02. The first-order valence-corrected chi connectivity index (χ1v) is 18.1. The molecule has 10 nitrogen and oxygen atoms in total. The van der Waals surface area contributed by atoms with Crippen molar-refractivity contribution in [3.8, 4) is 0 Å². The minimum absolute atomic E-state index is 0.163. The third-order valence-corrected chi connectivity index (χ3v) is 11.9. The number of nitrogens with zero attached hydrogens (tertiary/aromatic N) is 2. The van der Waals surface area contributed by atoms with Gasteiger partial charge in [0.2, 0.25) is 27.7 Å². The maximum absolute atomic E-state index is 14.1. The standard InChI is InChI=1S/C33H29F3N4O6S3/c1-32(2,3)18-10-8-17(9-11-18)24-25-26(29(43)40(28(25)42)22-7-5-4-6-21(22)33(34,35)36)47-30-27(24)48-31(44)39(30)16-23(41)38-19-12-14-20(15-13-19)49(37,45)46/h4-15,24-26H,16H2,1-3H3,(H,38,41)(H2,37,45,46). The van der Waals surface area contributed by atoms with Gasteiger partial charge in [-0.05, 0) is 52.9 Å². The van der Waals surface area contributed by atoms with E-state index in [1.807, 2.05) is 32.9 Å². The van der Waals surface area contributed by atoms with Crippen LogP contribution >= 0.6 is 23.1 Å². The third-order valence-electron chi connectivity index (χ3n) is 8.40. The number of sulfonamides is 1. The lowest BCUT2D eigenvalue weighted by molar-refractivity contribution is -0.137. The van der Waals surface area contributed by atoms with Crippen LogP contribution in [-0.2, 0) is 42.5 Å². The number of carbonyl (C=O) groups excluding carboxylic acids is 3. The molecule has 0 aliphatic carbocycles. The number of para-hydroxylation sites is 1. The molecule has 256 valence electrons. The summed E-state index contributed by atoms with van der Waals surface area (Å²) < 4.78 is 66.5. The molecule has 1 saturated heterocycles. The molecule has 3 amide bonds. The predicted molar refractivity (Wildman–Crippen MR) is 179 cm³/mol. The molecule has 2 aliphatic heterocycles. The molecule has 16 heteroatoms. The Morgan fingerprint density at radius 2 is 1.55 bits per heavy atom. The molecule has 0 radical (unpaired) electrons. The number of benzene rings is 3. The Labute approximate surface area is 287 Å². The summed E-state index contributed by atoms with van der Waals surface area (Å²) in [4.78, 5) is 55.0. The van der Waals surface area contributed by atoms with Crippen molar-refractivity contribution in [2.75, 3.05) is 10.2 Å². The zero-order valence-electron chi connectivity index (χ0n) is 26.1. The molecule has 4 aromatic rings. The zero-order valence-corrected chi connectivity index (χ0v) is 28.6. The number of rotatable bonds is 6. The molecule has 3 aromatic carbocycles. The number of imide groups is 1. The van der Waals surface area contributed by atoms with Gasteiger partial charge in [0.25, 0.3) is 0 Å². The third kappa shape index (κ3) is 6.45. The van der Waals surface area contributed by atoms with Crippen molar-refractivity contribution in [3.63, 3.8) is 0 Å². The van der Waals surface area contributed by atoms with Gasteiger partial charge in [-0.1, -0.05) is 80.3 Å². The van der Waals surface area contributed by atoms with Gasteiger partial charge in [-0.3, -0.25) is 23.7 Å². The van der Waals surface area contributed by atoms with Gasteiger partial charge in [-0.2, -0.15) is 13.2 Å². The maximum Gasteiger partial charge on any atom is 0.418 e. The Morgan fingerprint density at radius 1 is 0.918 bits per heavy atom. The highest BCUT2D eigenvalue weighted by Gasteiger charge is 2.57. The first kappa shape index (κ1) is 34.6. The van der Waals surface area contributed by atoms with Crippen molar-refractivity contribution in [3.05, 3.63) is 104 Å². The summed E-state index contributed by atoms with van der Waals surface area (Å²) in [6, 6.07) is 16.8. The van der Waals surface area contributed by atoms with Crippen molar-refractivity contribution in [1.82, 2.24) is 4.57 Å². The summed E-state index contributed by atoms with van der Waals surface area (Å²) >= 11 is 1.68. The van der Waals surface area contributed by atoms with E-state index in [1.165, 1.54) is 41.0 Å². The lowest BCUT2D eigenvalue weighted by Gasteiger charge is -2.31. The van der Waals surface area contributed by atoms with Crippen molar-refractivity contribution in [1.29, 1.82) is 0 Å². The highest BCUT2D eigenvalue weighted by molar-refractivity contribution is 8.00. The van der Waals surface area contributed by atoms with E-state index in [9.17, 15) is 40.8 Å². The quantitative estimate of drug-likeness (QED) is 0.256. The Bertz CT molecular complexity index is 2160. The lowest BCUT2D eigenvalue weighted by Crippen LogP contribution is -2.33. The molecular formula is C33H29F3N4O6S3. The number of anilines is 2. The van der Waals surface area contributed by atoms with Crippen LogP contribution < -0.4 is 20.2 Å². The van der Waals surface area contributed by atoms with Crippen LogP contribution in [0, 0.1) is 5.92 Å². The Hall–Kier alpha value is -4.25. The summed E-state index contributed by atoms with van der Waals surface area (Å²) in [5, 5.41) is 6.79. The normalized spacial score (nSPS) is 19.5. The average molecular weight is 731 g/mol. The molecule has 0 spiro atoms.